The molecule has 56 heavy (non-hydrogen) atoms. The molecule has 0 bridgehead atoms. The average Bonchev–Trinajstić information content (AvgIpc) is 3.77. The normalized spacial score (nSPS) is 15.9. The molecule has 2 aliphatic heterocycles. The number of carbonyl (C=O) groups is 2. The first-order valence-corrected chi connectivity index (χ1v) is 18.1. The maximum atomic E-state index is 14.2. The molecule has 294 valence electrons. The molecule has 14 nitrogen and oxygen atoms in total. The fraction of sp³-hybridized carbons (Fsp3) is 0.300. The van der Waals surface area contributed by atoms with Crippen LogP contribution in [0, 0.1) is 11.6 Å². The molecular formula is C40H42F2N6O8. The number of benzene rings is 4. The van der Waals surface area contributed by atoms with Crippen molar-refractivity contribution in [2.75, 3.05) is 26.2 Å². The van der Waals surface area contributed by atoms with Gasteiger partial charge in [-0.05, 0) is 100 Å². The lowest BCUT2D eigenvalue weighted by atomic mass is 10.1. The maximum absolute atomic E-state index is 14.2. The van der Waals surface area contributed by atoms with E-state index in [9.17, 15) is 18.4 Å². The van der Waals surface area contributed by atoms with E-state index in [1.54, 1.807) is 33.6 Å². The number of aliphatic carboxylic acids is 2. The van der Waals surface area contributed by atoms with Crippen molar-refractivity contribution in [2.24, 2.45) is 0 Å². The zero-order valence-electron chi connectivity index (χ0n) is 30.2. The van der Waals surface area contributed by atoms with Crippen LogP contribution in [0.2, 0.25) is 0 Å². The highest BCUT2D eigenvalue weighted by atomic mass is 19.1. The lowest BCUT2D eigenvalue weighted by Crippen LogP contribution is -2.39. The molecule has 0 unspecified atom stereocenters. The van der Waals surface area contributed by atoms with Crippen molar-refractivity contribution < 1.29 is 48.3 Å². The number of carboxylic acids is 2. The Bertz CT molecular complexity index is 2100. The average molecular weight is 773 g/mol. The number of aliphatic hydroxyl groups is 2. The van der Waals surface area contributed by atoms with Gasteiger partial charge >= 0.3 is 11.9 Å². The van der Waals surface area contributed by atoms with E-state index in [0.29, 0.717) is 23.1 Å². The first-order chi connectivity index (χ1) is 27.1. The van der Waals surface area contributed by atoms with Gasteiger partial charge in [0.1, 0.15) is 35.2 Å². The molecule has 8 rings (SSSR count). The number of piperidine rings is 2. The number of nitrogens with one attached hydrogen (secondary N) is 2. The standard InChI is InChI=1S/2C18H18FN3O.C4H6O6/c2*19-15-6-2-4-8-17(15)22-16-7-3-1-5-14(16)18(21-22)23-13-9-11-20-12-10-13;5-1(3(7)8)2(6)4(9)10/h2*1-8,13,20H,9-12H2;1-2,5-6H,(H,7,8)(H,9,10)/t;;1-,2-/m..1/s1. The van der Waals surface area contributed by atoms with Crippen molar-refractivity contribution in [3.05, 3.63) is 109 Å². The molecule has 0 spiro atoms. The highest BCUT2D eigenvalue weighted by molar-refractivity contribution is 5.87. The molecule has 4 heterocycles. The van der Waals surface area contributed by atoms with Crippen LogP contribution < -0.4 is 20.1 Å². The molecule has 6 aromatic rings. The second kappa shape index (κ2) is 18.6. The summed E-state index contributed by atoms with van der Waals surface area (Å²) in [7, 11) is 0. The summed E-state index contributed by atoms with van der Waals surface area (Å²) < 4.78 is 43.8. The minimum Gasteiger partial charge on any atom is -0.479 e. The van der Waals surface area contributed by atoms with Gasteiger partial charge < -0.3 is 40.5 Å². The van der Waals surface area contributed by atoms with Crippen molar-refractivity contribution in [1.29, 1.82) is 0 Å². The van der Waals surface area contributed by atoms with Gasteiger partial charge in [0.25, 0.3) is 0 Å². The summed E-state index contributed by atoms with van der Waals surface area (Å²) in [6.45, 7) is 3.82. The molecule has 0 aliphatic carbocycles. The fourth-order valence-electron chi connectivity index (χ4n) is 6.28. The van der Waals surface area contributed by atoms with Crippen LogP contribution in [0.15, 0.2) is 97.1 Å². The van der Waals surface area contributed by atoms with E-state index in [1.165, 1.54) is 12.1 Å². The molecule has 2 fully saturated rings. The van der Waals surface area contributed by atoms with Gasteiger partial charge in [-0.15, -0.1) is 10.2 Å². The number of rotatable bonds is 9. The number of aliphatic hydroxyl groups excluding tert-OH is 2. The van der Waals surface area contributed by atoms with E-state index >= 15 is 0 Å². The van der Waals surface area contributed by atoms with Gasteiger partial charge in [0, 0.05) is 0 Å². The molecule has 2 aliphatic rings. The first-order valence-electron chi connectivity index (χ1n) is 18.1. The monoisotopic (exact) mass is 772 g/mol. The highest BCUT2D eigenvalue weighted by Gasteiger charge is 2.29. The van der Waals surface area contributed by atoms with Crippen LogP contribution in [0.5, 0.6) is 11.8 Å². The molecular weight excluding hydrogens is 730 g/mol. The quantitative estimate of drug-likeness (QED) is 0.121. The SMILES string of the molecule is Fc1ccccc1-n1nc(OC2CCNCC2)c2ccccc21.Fc1ccccc1-n1nc(OC2CCNCC2)c2ccccc21.O=C(O)[C@H](O)[C@@H](O)C(=O)O. The number of aromatic nitrogens is 4. The number of carboxylic acid groups (broad SMARTS) is 2. The van der Waals surface area contributed by atoms with E-state index in [0.717, 1.165) is 73.7 Å². The first kappa shape index (κ1) is 39.7. The molecule has 2 saturated heterocycles. The summed E-state index contributed by atoms with van der Waals surface area (Å²) in [5.74, 6) is -2.97. The van der Waals surface area contributed by atoms with Gasteiger partial charge in [0.05, 0.1) is 21.8 Å². The zero-order chi connectivity index (χ0) is 39.6. The van der Waals surface area contributed by atoms with Gasteiger partial charge in [0.15, 0.2) is 12.2 Å². The molecule has 0 saturated carbocycles. The second-order valence-electron chi connectivity index (χ2n) is 13.1. The van der Waals surface area contributed by atoms with Crippen LogP contribution in [-0.4, -0.2) is 103 Å². The minimum absolute atomic E-state index is 0.156. The lowest BCUT2D eigenvalue weighted by molar-refractivity contribution is -0.165. The van der Waals surface area contributed by atoms with E-state index in [4.69, 9.17) is 29.9 Å². The summed E-state index contributed by atoms with van der Waals surface area (Å²) in [5.41, 5.74) is 2.57. The summed E-state index contributed by atoms with van der Waals surface area (Å²) in [6, 6.07) is 28.9. The molecule has 0 radical (unpaired) electrons. The predicted octanol–water partition coefficient (Wildman–Crippen LogP) is 4.47. The summed E-state index contributed by atoms with van der Waals surface area (Å²) in [6.07, 6.45) is -0.383. The molecule has 4 aromatic carbocycles. The zero-order valence-corrected chi connectivity index (χ0v) is 30.2. The van der Waals surface area contributed by atoms with Crippen LogP contribution in [-0.2, 0) is 9.59 Å². The number of para-hydroxylation sites is 4. The summed E-state index contributed by atoms with van der Waals surface area (Å²) in [4.78, 5) is 19.5. The highest BCUT2D eigenvalue weighted by Crippen LogP contribution is 2.31. The number of nitrogens with zero attached hydrogens (tertiary/aromatic N) is 4. The van der Waals surface area contributed by atoms with Crippen LogP contribution >= 0.6 is 0 Å². The third kappa shape index (κ3) is 9.46. The van der Waals surface area contributed by atoms with Crippen molar-refractivity contribution in [3.8, 4) is 23.1 Å². The number of halogens is 2. The van der Waals surface area contributed by atoms with E-state index < -0.39 is 24.1 Å². The number of hydrogen-bond donors (Lipinski definition) is 6. The van der Waals surface area contributed by atoms with E-state index in [-0.39, 0.29) is 23.8 Å². The van der Waals surface area contributed by atoms with Gasteiger partial charge in [-0.3, -0.25) is 0 Å². The Morgan fingerprint density at radius 2 is 0.929 bits per heavy atom. The Morgan fingerprint density at radius 3 is 1.29 bits per heavy atom. The topological polar surface area (TPSA) is 193 Å². The van der Waals surface area contributed by atoms with Crippen molar-refractivity contribution in [2.45, 2.75) is 50.1 Å². The Balaban J connectivity index is 0.000000154. The second-order valence-corrected chi connectivity index (χ2v) is 13.1. The third-order valence-electron chi connectivity index (χ3n) is 9.20. The van der Waals surface area contributed by atoms with Crippen LogP contribution in [0.3, 0.4) is 0 Å². The molecule has 6 N–H and O–H groups in total. The molecule has 16 heteroatoms. The molecule has 2 atom stereocenters. The van der Waals surface area contributed by atoms with E-state index in [2.05, 4.69) is 20.8 Å². The Morgan fingerprint density at radius 1 is 0.589 bits per heavy atom. The lowest BCUT2D eigenvalue weighted by Gasteiger charge is -2.22. The maximum Gasteiger partial charge on any atom is 0.335 e. The van der Waals surface area contributed by atoms with Gasteiger partial charge in [0.2, 0.25) is 11.8 Å². The van der Waals surface area contributed by atoms with Crippen LogP contribution in [0.4, 0.5) is 8.78 Å². The largest absolute Gasteiger partial charge is 0.479 e. The molecule has 2 aromatic heterocycles. The van der Waals surface area contributed by atoms with Crippen LogP contribution in [0.1, 0.15) is 25.7 Å². The van der Waals surface area contributed by atoms with Gasteiger partial charge in [-0.1, -0.05) is 48.5 Å². The van der Waals surface area contributed by atoms with Gasteiger partial charge in [-0.25, -0.2) is 27.7 Å². The third-order valence-corrected chi connectivity index (χ3v) is 9.20. The van der Waals surface area contributed by atoms with Crippen molar-refractivity contribution in [3.63, 3.8) is 0 Å². The Labute approximate surface area is 319 Å². The smallest absolute Gasteiger partial charge is 0.335 e. The van der Waals surface area contributed by atoms with Gasteiger partial charge in [-0.2, -0.15) is 0 Å². The predicted molar refractivity (Wildman–Crippen MR) is 202 cm³/mol. The van der Waals surface area contributed by atoms with Crippen molar-refractivity contribution in [1.82, 2.24) is 30.2 Å². The Hall–Kier alpha value is -5.94. The van der Waals surface area contributed by atoms with Crippen molar-refractivity contribution >= 4 is 33.7 Å². The number of fused-ring (bicyclic) bond motifs is 2. The summed E-state index contributed by atoms with van der Waals surface area (Å²) >= 11 is 0. The minimum atomic E-state index is -2.27. The fourth-order valence-corrected chi connectivity index (χ4v) is 6.28. The van der Waals surface area contributed by atoms with Crippen LogP contribution in [0.25, 0.3) is 33.2 Å². The molecule has 0 amide bonds. The number of ether oxygens (including phenoxy) is 2. The summed E-state index contributed by atoms with van der Waals surface area (Å²) in [5, 5.41) is 50.1. The number of hydrogen-bond acceptors (Lipinski definition) is 10. The van der Waals surface area contributed by atoms with E-state index in [1.807, 2.05) is 60.7 Å². The Kier molecular flexibility index (Phi) is 13.2.